The van der Waals surface area contributed by atoms with Crippen molar-refractivity contribution in [1.29, 1.82) is 0 Å². The maximum atomic E-state index is 12.2. The Kier molecular flexibility index (Phi) is 4.40. The Balaban J connectivity index is 1.72. The molecule has 0 aliphatic heterocycles. The van der Waals surface area contributed by atoms with Gasteiger partial charge in [-0.3, -0.25) is 4.79 Å². The van der Waals surface area contributed by atoms with Crippen LogP contribution in [0.25, 0.3) is 10.4 Å². The fourth-order valence-corrected chi connectivity index (χ4v) is 3.58. The van der Waals surface area contributed by atoms with Gasteiger partial charge in [0.1, 0.15) is 0 Å². The number of hydrogen-bond donors (Lipinski definition) is 3. The Hall–Kier alpha value is -1.93. The molecule has 0 fully saturated rings. The number of amides is 1. The molecule has 7 heteroatoms. The van der Waals surface area contributed by atoms with Crippen LogP contribution in [0.4, 0.5) is 5.69 Å². The zero-order valence-corrected chi connectivity index (χ0v) is 13.0. The first kappa shape index (κ1) is 15.0. The molecule has 0 aliphatic rings. The summed E-state index contributed by atoms with van der Waals surface area (Å²) in [5.41, 5.74) is 2.11. The number of anilines is 1. The normalized spacial score (nSPS) is 10.5. The smallest absolute Gasteiger partial charge is 0.423 e. The maximum Gasteiger partial charge on any atom is 0.488 e. The van der Waals surface area contributed by atoms with Crippen LogP contribution < -0.4 is 10.8 Å². The van der Waals surface area contributed by atoms with Gasteiger partial charge in [-0.15, -0.1) is 11.3 Å². The summed E-state index contributed by atoms with van der Waals surface area (Å²) in [5, 5.41) is 24.9. The quantitative estimate of drug-likeness (QED) is 0.644. The van der Waals surface area contributed by atoms with Crippen LogP contribution in [0.2, 0.25) is 0 Å². The molecule has 1 aromatic carbocycles. The van der Waals surface area contributed by atoms with Gasteiger partial charge in [0, 0.05) is 16.1 Å². The highest BCUT2D eigenvalue weighted by molar-refractivity contribution is 7.18. The van der Waals surface area contributed by atoms with E-state index in [9.17, 15) is 4.79 Å². The first-order valence-electron chi connectivity index (χ1n) is 6.53. The summed E-state index contributed by atoms with van der Waals surface area (Å²) in [7, 11) is -1.50. The van der Waals surface area contributed by atoms with Crippen LogP contribution in [0.15, 0.2) is 53.2 Å². The van der Waals surface area contributed by atoms with Crippen molar-refractivity contribution in [1.82, 2.24) is 0 Å². The van der Waals surface area contributed by atoms with Gasteiger partial charge in [0.2, 0.25) is 0 Å². The minimum absolute atomic E-state index is 0.177. The number of carbonyl (C=O) groups is 1. The highest BCUT2D eigenvalue weighted by Gasteiger charge is 2.13. The van der Waals surface area contributed by atoms with E-state index in [4.69, 9.17) is 10.0 Å². The van der Waals surface area contributed by atoms with Gasteiger partial charge in [0.25, 0.3) is 5.91 Å². The topological polar surface area (TPSA) is 69.6 Å². The van der Waals surface area contributed by atoms with Gasteiger partial charge in [-0.1, -0.05) is 12.1 Å². The van der Waals surface area contributed by atoms with Gasteiger partial charge < -0.3 is 15.4 Å². The monoisotopic (exact) mass is 329 g/mol. The van der Waals surface area contributed by atoms with Crippen molar-refractivity contribution < 1.29 is 14.8 Å². The molecule has 0 unspecified atom stereocenters. The molecule has 2 heterocycles. The number of nitrogens with one attached hydrogen (secondary N) is 1. The third kappa shape index (κ3) is 3.28. The van der Waals surface area contributed by atoms with E-state index in [-0.39, 0.29) is 5.91 Å². The van der Waals surface area contributed by atoms with E-state index in [0.29, 0.717) is 16.0 Å². The third-order valence-corrected chi connectivity index (χ3v) is 4.92. The second kappa shape index (κ2) is 6.45. The lowest BCUT2D eigenvalue weighted by atomic mass is 9.80. The number of rotatable bonds is 4. The van der Waals surface area contributed by atoms with E-state index in [0.717, 1.165) is 10.4 Å². The molecular weight excluding hydrogens is 317 g/mol. The van der Waals surface area contributed by atoms with Crippen molar-refractivity contribution in [2.45, 2.75) is 0 Å². The standard InChI is InChI=1S/C15H12BNO3S2/c18-15(17-12-3-1-11(2-4-12)16(19)20)14-6-5-13(22-14)10-7-8-21-9-10/h1-9,19-20H,(H,17,18). The average Bonchev–Trinajstić information content (AvgIpc) is 3.19. The summed E-state index contributed by atoms with van der Waals surface area (Å²) < 4.78 is 0. The lowest BCUT2D eigenvalue weighted by Crippen LogP contribution is -2.29. The van der Waals surface area contributed by atoms with Gasteiger partial charge in [0.15, 0.2) is 0 Å². The minimum atomic E-state index is -1.50. The molecule has 3 rings (SSSR count). The summed E-state index contributed by atoms with van der Waals surface area (Å²) in [6.45, 7) is 0. The van der Waals surface area contributed by atoms with Crippen molar-refractivity contribution in [3.8, 4) is 10.4 Å². The summed E-state index contributed by atoms with van der Waals surface area (Å²) in [4.78, 5) is 13.9. The van der Waals surface area contributed by atoms with Crippen LogP contribution in [0.1, 0.15) is 9.67 Å². The molecule has 0 radical (unpaired) electrons. The minimum Gasteiger partial charge on any atom is -0.423 e. The first-order valence-corrected chi connectivity index (χ1v) is 8.29. The lowest BCUT2D eigenvalue weighted by Gasteiger charge is -2.05. The van der Waals surface area contributed by atoms with Crippen molar-refractivity contribution >= 4 is 46.8 Å². The molecule has 0 aliphatic carbocycles. The molecule has 0 atom stereocenters. The summed E-state index contributed by atoms with van der Waals surface area (Å²) in [5.74, 6) is -0.177. The summed E-state index contributed by atoms with van der Waals surface area (Å²) >= 11 is 3.06. The first-order chi connectivity index (χ1) is 10.6. The van der Waals surface area contributed by atoms with Gasteiger partial charge in [-0.25, -0.2) is 0 Å². The van der Waals surface area contributed by atoms with E-state index >= 15 is 0 Å². The number of thiophene rings is 2. The largest absolute Gasteiger partial charge is 0.488 e. The molecular formula is C15H12BNO3S2. The molecule has 1 amide bonds. The molecule has 22 heavy (non-hydrogen) atoms. The number of carbonyl (C=O) groups excluding carboxylic acids is 1. The second-order valence-electron chi connectivity index (χ2n) is 4.63. The van der Waals surface area contributed by atoms with Crippen LogP contribution in [0, 0.1) is 0 Å². The molecule has 3 N–H and O–H groups in total. The second-order valence-corrected chi connectivity index (χ2v) is 6.49. The summed E-state index contributed by atoms with van der Waals surface area (Å²) in [6.07, 6.45) is 0. The predicted octanol–water partition coefficient (Wildman–Crippen LogP) is 2.41. The van der Waals surface area contributed by atoms with E-state index < -0.39 is 7.12 Å². The fourth-order valence-electron chi connectivity index (χ4n) is 1.95. The van der Waals surface area contributed by atoms with E-state index in [1.807, 2.05) is 22.9 Å². The Labute approximate surface area is 135 Å². The van der Waals surface area contributed by atoms with E-state index in [2.05, 4.69) is 5.32 Å². The molecule has 110 valence electrons. The number of benzene rings is 1. The van der Waals surface area contributed by atoms with E-state index in [1.165, 1.54) is 11.3 Å². The maximum absolute atomic E-state index is 12.2. The van der Waals surface area contributed by atoms with Gasteiger partial charge in [-0.2, -0.15) is 11.3 Å². The molecule has 0 saturated carbocycles. The Bertz CT molecular complexity index is 766. The van der Waals surface area contributed by atoms with Gasteiger partial charge >= 0.3 is 7.12 Å². The zero-order chi connectivity index (χ0) is 15.5. The third-order valence-electron chi connectivity index (χ3n) is 3.10. The van der Waals surface area contributed by atoms with E-state index in [1.54, 1.807) is 41.7 Å². The Morgan fingerprint density at radius 3 is 2.45 bits per heavy atom. The SMILES string of the molecule is O=C(Nc1ccc(B(O)O)cc1)c1ccc(-c2ccsc2)s1. The zero-order valence-electron chi connectivity index (χ0n) is 11.4. The fraction of sp³-hybridized carbons (Fsp3) is 0. The highest BCUT2D eigenvalue weighted by atomic mass is 32.1. The van der Waals surface area contributed by atoms with Crippen LogP contribution >= 0.6 is 22.7 Å². The van der Waals surface area contributed by atoms with Crippen molar-refractivity contribution in [3.63, 3.8) is 0 Å². The summed E-state index contributed by atoms with van der Waals surface area (Å²) in [6, 6.07) is 12.2. The van der Waals surface area contributed by atoms with Crippen LogP contribution in [0.3, 0.4) is 0 Å². The highest BCUT2D eigenvalue weighted by Crippen LogP contribution is 2.30. The van der Waals surface area contributed by atoms with Crippen molar-refractivity contribution in [2.75, 3.05) is 5.32 Å². The molecule has 3 aromatic rings. The van der Waals surface area contributed by atoms with Crippen molar-refractivity contribution in [2.24, 2.45) is 0 Å². The van der Waals surface area contributed by atoms with Crippen LogP contribution in [-0.4, -0.2) is 23.1 Å². The lowest BCUT2D eigenvalue weighted by molar-refractivity contribution is 0.103. The van der Waals surface area contributed by atoms with Crippen LogP contribution in [-0.2, 0) is 0 Å². The van der Waals surface area contributed by atoms with Gasteiger partial charge in [0.05, 0.1) is 4.88 Å². The predicted molar refractivity (Wildman–Crippen MR) is 91.9 cm³/mol. The Morgan fingerprint density at radius 1 is 1.05 bits per heavy atom. The Morgan fingerprint density at radius 2 is 1.82 bits per heavy atom. The molecule has 4 nitrogen and oxygen atoms in total. The van der Waals surface area contributed by atoms with Crippen LogP contribution in [0.5, 0.6) is 0 Å². The molecule has 0 bridgehead atoms. The molecule has 2 aromatic heterocycles. The number of hydrogen-bond acceptors (Lipinski definition) is 5. The van der Waals surface area contributed by atoms with Crippen molar-refractivity contribution in [3.05, 3.63) is 58.1 Å². The molecule has 0 saturated heterocycles. The average molecular weight is 329 g/mol. The van der Waals surface area contributed by atoms with Gasteiger partial charge in [-0.05, 0) is 46.6 Å². The molecule has 0 spiro atoms.